The first kappa shape index (κ1) is 14.5. The topological polar surface area (TPSA) is 59.2 Å². The van der Waals surface area contributed by atoms with E-state index in [1.165, 1.54) is 43.5 Å². The van der Waals surface area contributed by atoms with E-state index in [2.05, 4.69) is 4.98 Å². The number of hydrogen-bond donors (Lipinski definition) is 1. The fourth-order valence-electron chi connectivity index (χ4n) is 5.60. The van der Waals surface area contributed by atoms with Crippen molar-refractivity contribution in [2.75, 3.05) is 6.54 Å². The van der Waals surface area contributed by atoms with Gasteiger partial charge in [0.05, 0.1) is 5.02 Å². The Morgan fingerprint density at radius 3 is 2.41 bits per heavy atom. The number of aromatic nitrogens is 1. The van der Waals surface area contributed by atoms with Crippen LogP contribution < -0.4 is 5.84 Å². The molecule has 5 rings (SSSR count). The van der Waals surface area contributed by atoms with Crippen molar-refractivity contribution >= 4 is 17.5 Å². The molecule has 22 heavy (non-hydrogen) atoms. The number of pyridine rings is 1. The standard InChI is InChI=1S/C17H22ClN3O/c18-14-2-1-3-20-15(14)16(22)21(19)10-17-7-11-4-12(8-17)6-13(5-11)9-17/h1-3,11-13H,4-10,19H2. The number of rotatable bonds is 3. The van der Waals surface area contributed by atoms with E-state index in [4.69, 9.17) is 17.4 Å². The Morgan fingerprint density at radius 1 is 1.27 bits per heavy atom. The van der Waals surface area contributed by atoms with Crippen molar-refractivity contribution in [2.24, 2.45) is 29.0 Å². The zero-order valence-electron chi connectivity index (χ0n) is 12.7. The highest BCUT2D eigenvalue weighted by Gasteiger charge is 2.51. The number of carbonyl (C=O) groups is 1. The van der Waals surface area contributed by atoms with Crippen LogP contribution >= 0.6 is 11.6 Å². The molecule has 118 valence electrons. The summed E-state index contributed by atoms with van der Waals surface area (Å²) in [5.41, 5.74) is 0.497. The SMILES string of the molecule is NN(CC12CC3CC(CC(C3)C1)C2)C(=O)c1ncccc1Cl. The third-order valence-corrected chi connectivity index (χ3v) is 6.20. The van der Waals surface area contributed by atoms with Crippen molar-refractivity contribution in [3.63, 3.8) is 0 Å². The van der Waals surface area contributed by atoms with Crippen LogP contribution in [0.4, 0.5) is 0 Å². The largest absolute Gasteiger partial charge is 0.287 e. The number of nitrogens with two attached hydrogens (primary N) is 1. The van der Waals surface area contributed by atoms with Crippen LogP contribution in [-0.2, 0) is 0 Å². The molecule has 1 aromatic heterocycles. The van der Waals surface area contributed by atoms with Crippen molar-refractivity contribution < 1.29 is 4.79 Å². The highest BCUT2D eigenvalue weighted by atomic mass is 35.5. The van der Waals surface area contributed by atoms with E-state index < -0.39 is 0 Å². The molecule has 4 aliphatic rings. The van der Waals surface area contributed by atoms with Gasteiger partial charge in [0.2, 0.25) is 0 Å². The zero-order chi connectivity index (χ0) is 15.3. The Balaban J connectivity index is 1.51. The highest BCUT2D eigenvalue weighted by molar-refractivity contribution is 6.33. The lowest BCUT2D eigenvalue weighted by Gasteiger charge is -2.57. The maximum absolute atomic E-state index is 12.5. The van der Waals surface area contributed by atoms with E-state index in [9.17, 15) is 4.79 Å². The lowest BCUT2D eigenvalue weighted by Crippen LogP contribution is -2.54. The van der Waals surface area contributed by atoms with Crippen LogP contribution in [0.25, 0.3) is 0 Å². The summed E-state index contributed by atoms with van der Waals surface area (Å²) in [5, 5.41) is 1.73. The lowest BCUT2D eigenvalue weighted by atomic mass is 9.49. The summed E-state index contributed by atoms with van der Waals surface area (Å²) in [5.74, 6) is 8.43. The minimum absolute atomic E-state index is 0.237. The number of carbonyl (C=O) groups excluding carboxylic acids is 1. The van der Waals surface area contributed by atoms with Crippen LogP contribution in [0.15, 0.2) is 18.3 Å². The van der Waals surface area contributed by atoms with Gasteiger partial charge in [-0.2, -0.15) is 0 Å². The average molecular weight is 320 g/mol. The molecule has 1 amide bonds. The Kier molecular flexibility index (Phi) is 3.42. The maximum atomic E-state index is 12.5. The molecular formula is C17H22ClN3O. The first-order valence-corrected chi connectivity index (χ1v) is 8.59. The van der Waals surface area contributed by atoms with Crippen LogP contribution in [0.5, 0.6) is 0 Å². The molecule has 0 unspecified atom stereocenters. The average Bonchev–Trinajstić information content (AvgIpc) is 2.45. The van der Waals surface area contributed by atoms with Crippen LogP contribution in [0.3, 0.4) is 0 Å². The third-order valence-electron chi connectivity index (χ3n) is 5.89. The Hall–Kier alpha value is -1.13. The molecule has 4 bridgehead atoms. The molecule has 0 aromatic carbocycles. The molecule has 4 nitrogen and oxygen atoms in total. The molecule has 4 fully saturated rings. The monoisotopic (exact) mass is 319 g/mol. The quantitative estimate of drug-likeness (QED) is 0.528. The minimum atomic E-state index is -0.263. The van der Waals surface area contributed by atoms with Crippen LogP contribution in [0.2, 0.25) is 5.02 Å². The van der Waals surface area contributed by atoms with Gasteiger partial charge < -0.3 is 0 Å². The number of hydrazine groups is 1. The number of hydrogen-bond acceptors (Lipinski definition) is 3. The third kappa shape index (κ3) is 2.42. The second-order valence-corrected chi connectivity index (χ2v) is 8.09. The normalized spacial score (nSPS) is 35.6. The molecule has 0 saturated heterocycles. The summed E-state index contributed by atoms with van der Waals surface area (Å²) in [6.07, 6.45) is 9.46. The number of amides is 1. The number of nitrogens with zero attached hydrogens (tertiary/aromatic N) is 2. The van der Waals surface area contributed by atoms with E-state index in [-0.39, 0.29) is 17.0 Å². The maximum Gasteiger partial charge on any atom is 0.287 e. The Labute approximate surface area is 136 Å². The highest BCUT2D eigenvalue weighted by Crippen LogP contribution is 2.60. The number of halogens is 1. The molecule has 0 radical (unpaired) electrons. The zero-order valence-corrected chi connectivity index (χ0v) is 13.4. The van der Waals surface area contributed by atoms with Crippen molar-refractivity contribution in [1.29, 1.82) is 0 Å². The van der Waals surface area contributed by atoms with Gasteiger partial charge in [-0.1, -0.05) is 11.6 Å². The van der Waals surface area contributed by atoms with Gasteiger partial charge in [-0.25, -0.2) is 10.8 Å². The Bertz CT molecular complexity index is 568. The first-order chi connectivity index (χ1) is 10.5. The first-order valence-electron chi connectivity index (χ1n) is 8.22. The fourth-order valence-corrected chi connectivity index (χ4v) is 5.80. The molecule has 2 N–H and O–H groups in total. The van der Waals surface area contributed by atoms with Gasteiger partial charge in [-0.3, -0.25) is 9.80 Å². The van der Waals surface area contributed by atoms with Crippen molar-refractivity contribution in [1.82, 2.24) is 9.99 Å². The van der Waals surface area contributed by atoms with Gasteiger partial charge in [0.15, 0.2) is 0 Å². The van der Waals surface area contributed by atoms with Crippen molar-refractivity contribution in [3.8, 4) is 0 Å². The summed E-state index contributed by atoms with van der Waals surface area (Å²) in [6, 6.07) is 3.40. The van der Waals surface area contributed by atoms with E-state index in [0.717, 1.165) is 17.8 Å². The van der Waals surface area contributed by atoms with Gasteiger partial charge in [0.25, 0.3) is 5.91 Å². The predicted octanol–water partition coefficient (Wildman–Crippen LogP) is 3.27. The molecule has 0 atom stereocenters. The van der Waals surface area contributed by atoms with E-state index in [1.54, 1.807) is 18.3 Å². The summed E-state index contributed by atoms with van der Waals surface area (Å²) in [7, 11) is 0. The van der Waals surface area contributed by atoms with Gasteiger partial charge in [0, 0.05) is 12.7 Å². The second-order valence-electron chi connectivity index (χ2n) is 7.68. The smallest absolute Gasteiger partial charge is 0.275 e. The van der Waals surface area contributed by atoms with Gasteiger partial charge in [0.1, 0.15) is 5.69 Å². The second kappa shape index (κ2) is 5.20. The van der Waals surface area contributed by atoms with Crippen molar-refractivity contribution in [2.45, 2.75) is 38.5 Å². The molecule has 1 aromatic rings. The Morgan fingerprint density at radius 2 is 1.86 bits per heavy atom. The summed E-state index contributed by atoms with van der Waals surface area (Å²) in [6.45, 7) is 0.641. The molecule has 0 spiro atoms. The van der Waals surface area contributed by atoms with E-state index in [1.807, 2.05) is 0 Å². The van der Waals surface area contributed by atoms with Crippen LogP contribution in [0.1, 0.15) is 49.0 Å². The van der Waals surface area contributed by atoms with Crippen LogP contribution in [-0.4, -0.2) is 22.4 Å². The molecule has 4 saturated carbocycles. The lowest BCUT2D eigenvalue weighted by molar-refractivity contribution is -0.0655. The van der Waals surface area contributed by atoms with E-state index in [0.29, 0.717) is 11.6 Å². The molecular weight excluding hydrogens is 298 g/mol. The summed E-state index contributed by atoms with van der Waals surface area (Å²) in [4.78, 5) is 16.6. The van der Waals surface area contributed by atoms with Gasteiger partial charge in [-0.15, -0.1) is 0 Å². The molecule has 0 aliphatic heterocycles. The van der Waals surface area contributed by atoms with E-state index >= 15 is 0 Å². The predicted molar refractivity (Wildman–Crippen MR) is 85.1 cm³/mol. The van der Waals surface area contributed by atoms with Crippen LogP contribution in [0, 0.1) is 23.2 Å². The van der Waals surface area contributed by atoms with Gasteiger partial charge >= 0.3 is 0 Å². The van der Waals surface area contributed by atoms with Gasteiger partial charge in [-0.05, 0) is 73.8 Å². The molecule has 4 aliphatic carbocycles. The summed E-state index contributed by atoms with van der Waals surface area (Å²) < 4.78 is 0. The molecule has 5 heteroatoms. The minimum Gasteiger partial charge on any atom is -0.275 e. The van der Waals surface area contributed by atoms with Crippen molar-refractivity contribution in [3.05, 3.63) is 29.0 Å². The molecule has 1 heterocycles. The fraction of sp³-hybridized carbons (Fsp3) is 0.647. The summed E-state index contributed by atoms with van der Waals surface area (Å²) >= 11 is 6.07.